The van der Waals surface area contributed by atoms with E-state index in [2.05, 4.69) is 11.2 Å². The molecule has 43 valence electrons. The second-order valence-corrected chi connectivity index (χ2v) is 1.78. The Morgan fingerprint density at radius 3 is 3.44 bits per heavy atom. The van der Waals surface area contributed by atoms with Gasteiger partial charge < -0.3 is 4.42 Å². The van der Waals surface area contributed by atoms with Crippen LogP contribution in [0.4, 0.5) is 0 Å². The van der Waals surface area contributed by atoms with Gasteiger partial charge in [-0.05, 0) is 12.1 Å². The summed E-state index contributed by atoms with van der Waals surface area (Å²) in [5.74, 6) is 0. The van der Waals surface area contributed by atoms with E-state index in [9.17, 15) is 0 Å². The molecule has 0 N–H and O–H groups in total. The van der Waals surface area contributed by atoms with Crippen molar-refractivity contribution < 1.29 is 4.42 Å². The van der Waals surface area contributed by atoms with Crippen LogP contribution in [0.1, 0.15) is 0 Å². The summed E-state index contributed by atoms with van der Waals surface area (Å²) in [5, 5.41) is 0. The standard InChI is InChI=1S/C7H4NO/c1-3-8-7-5-9-4-2-6(1)7/h1-2,4-5H. The van der Waals surface area contributed by atoms with Gasteiger partial charge in [0.15, 0.2) is 0 Å². The third kappa shape index (κ3) is 0.598. The summed E-state index contributed by atoms with van der Waals surface area (Å²) in [7, 11) is 0. The molecule has 2 nitrogen and oxygen atoms in total. The summed E-state index contributed by atoms with van der Waals surface area (Å²) in [6.07, 6.45) is 5.95. The number of nitrogens with zero attached hydrogens (tertiary/aromatic N) is 1. The van der Waals surface area contributed by atoms with Gasteiger partial charge in [0.1, 0.15) is 12.0 Å². The number of aromatic nitrogens is 1. The second-order valence-electron chi connectivity index (χ2n) is 1.78. The molecular formula is C7H4NO. The minimum Gasteiger partial charge on any atom is -0.470 e. The first kappa shape index (κ1) is 4.56. The van der Waals surface area contributed by atoms with E-state index in [4.69, 9.17) is 4.42 Å². The van der Waals surface area contributed by atoms with Crippen LogP contribution in [0.5, 0.6) is 0 Å². The smallest absolute Gasteiger partial charge is 0.116 e. The molecular weight excluding hydrogens is 114 g/mol. The van der Waals surface area contributed by atoms with Crippen molar-refractivity contribution >= 4 is 0 Å². The van der Waals surface area contributed by atoms with Crippen molar-refractivity contribution in [1.82, 2.24) is 4.98 Å². The molecule has 2 heteroatoms. The highest BCUT2D eigenvalue weighted by Gasteiger charge is 2.00. The molecule has 0 aliphatic carbocycles. The van der Waals surface area contributed by atoms with Crippen LogP contribution in [-0.2, 0) is 0 Å². The summed E-state index contributed by atoms with van der Waals surface area (Å²) >= 11 is 0. The van der Waals surface area contributed by atoms with Gasteiger partial charge >= 0.3 is 0 Å². The highest BCUT2D eigenvalue weighted by Crippen LogP contribution is 2.16. The molecule has 2 aliphatic heterocycles. The molecule has 0 saturated carbocycles. The minimum atomic E-state index is 0.859. The second kappa shape index (κ2) is 1.58. The number of hydrogen-bond donors (Lipinski definition) is 0. The van der Waals surface area contributed by atoms with Crippen molar-refractivity contribution in [2.24, 2.45) is 0 Å². The Bertz CT molecular complexity index is 249. The van der Waals surface area contributed by atoms with Gasteiger partial charge in [-0.25, -0.2) is 4.98 Å². The Labute approximate surface area is 52.5 Å². The van der Waals surface area contributed by atoms with Crippen molar-refractivity contribution in [2.75, 3.05) is 0 Å². The molecule has 0 amide bonds. The highest BCUT2D eigenvalue weighted by molar-refractivity contribution is 5.57. The SMILES string of the molecule is [c]1cc2ccocc-2n1. The molecule has 2 aliphatic rings. The predicted octanol–water partition coefficient (Wildman–Crippen LogP) is 1.58. The quantitative estimate of drug-likeness (QED) is 0.524. The number of rotatable bonds is 0. The normalized spacial score (nSPS) is 10.2. The van der Waals surface area contributed by atoms with E-state index in [-0.39, 0.29) is 0 Å². The lowest BCUT2D eigenvalue weighted by molar-refractivity contribution is 0.550. The first-order valence-electron chi connectivity index (χ1n) is 2.66. The summed E-state index contributed by atoms with van der Waals surface area (Å²) in [6, 6.07) is 3.68. The Kier molecular flexibility index (Phi) is 0.803. The third-order valence-electron chi connectivity index (χ3n) is 1.21. The van der Waals surface area contributed by atoms with Crippen LogP contribution < -0.4 is 0 Å². The molecule has 9 heavy (non-hydrogen) atoms. The Hall–Kier alpha value is -1.31. The highest BCUT2D eigenvalue weighted by atomic mass is 16.3. The van der Waals surface area contributed by atoms with Crippen LogP contribution >= 0.6 is 0 Å². The molecule has 0 aromatic rings. The van der Waals surface area contributed by atoms with Gasteiger partial charge in [0.05, 0.1) is 12.5 Å². The van der Waals surface area contributed by atoms with Gasteiger partial charge in [0.2, 0.25) is 0 Å². The van der Waals surface area contributed by atoms with E-state index in [0.717, 1.165) is 11.3 Å². The van der Waals surface area contributed by atoms with Crippen molar-refractivity contribution in [1.29, 1.82) is 0 Å². The molecule has 2 rings (SSSR count). The first-order valence-corrected chi connectivity index (χ1v) is 2.66. The van der Waals surface area contributed by atoms with Crippen LogP contribution in [0.2, 0.25) is 0 Å². The van der Waals surface area contributed by atoms with Crippen LogP contribution in [0.25, 0.3) is 11.3 Å². The zero-order valence-corrected chi connectivity index (χ0v) is 4.66. The van der Waals surface area contributed by atoms with Crippen LogP contribution in [-0.4, -0.2) is 4.98 Å². The molecule has 0 aromatic carbocycles. The lowest BCUT2D eigenvalue weighted by Crippen LogP contribution is -1.71. The van der Waals surface area contributed by atoms with E-state index in [0.29, 0.717) is 0 Å². The lowest BCUT2D eigenvalue weighted by atomic mass is 10.2. The number of fused-ring (bicyclic) bond motifs is 1. The summed E-state index contributed by atoms with van der Waals surface area (Å²) in [4.78, 5) is 3.90. The van der Waals surface area contributed by atoms with E-state index in [1.54, 1.807) is 12.5 Å². The monoisotopic (exact) mass is 118 g/mol. The molecule has 0 bridgehead atoms. The average Bonchev–Trinajstić information content (AvgIpc) is 2.33. The summed E-state index contributed by atoms with van der Waals surface area (Å²) < 4.78 is 4.87. The van der Waals surface area contributed by atoms with Gasteiger partial charge in [-0.3, -0.25) is 0 Å². The van der Waals surface area contributed by atoms with Crippen LogP contribution in [0, 0.1) is 6.20 Å². The van der Waals surface area contributed by atoms with E-state index in [1.807, 2.05) is 12.1 Å². The molecule has 0 unspecified atom stereocenters. The fourth-order valence-electron chi connectivity index (χ4n) is 0.754. The maximum atomic E-state index is 4.87. The molecule has 0 atom stereocenters. The van der Waals surface area contributed by atoms with Crippen LogP contribution in [0.3, 0.4) is 0 Å². The Morgan fingerprint density at radius 2 is 2.56 bits per heavy atom. The fraction of sp³-hybridized carbons (Fsp3) is 0. The van der Waals surface area contributed by atoms with E-state index in [1.165, 1.54) is 0 Å². The van der Waals surface area contributed by atoms with Crippen molar-refractivity contribution in [3.8, 4) is 11.3 Å². The first-order chi connectivity index (χ1) is 4.47. The Balaban J connectivity index is 2.79. The van der Waals surface area contributed by atoms with Gasteiger partial charge in [-0.2, -0.15) is 0 Å². The number of hydrogen-bond acceptors (Lipinski definition) is 2. The van der Waals surface area contributed by atoms with Gasteiger partial charge in [-0.15, -0.1) is 0 Å². The molecule has 0 saturated heterocycles. The van der Waals surface area contributed by atoms with Gasteiger partial charge in [0, 0.05) is 5.56 Å². The topological polar surface area (TPSA) is 26.0 Å². The van der Waals surface area contributed by atoms with Crippen molar-refractivity contribution in [3.63, 3.8) is 0 Å². The van der Waals surface area contributed by atoms with Crippen molar-refractivity contribution in [2.45, 2.75) is 0 Å². The van der Waals surface area contributed by atoms with Crippen molar-refractivity contribution in [3.05, 3.63) is 30.9 Å². The fourth-order valence-corrected chi connectivity index (χ4v) is 0.754. The third-order valence-corrected chi connectivity index (χ3v) is 1.21. The largest absolute Gasteiger partial charge is 0.470 e. The maximum absolute atomic E-state index is 4.87. The molecule has 1 radical (unpaired) electrons. The van der Waals surface area contributed by atoms with E-state index < -0.39 is 0 Å². The zero-order valence-electron chi connectivity index (χ0n) is 4.66. The van der Waals surface area contributed by atoms with Gasteiger partial charge in [0.25, 0.3) is 0 Å². The van der Waals surface area contributed by atoms with Crippen LogP contribution in [0.15, 0.2) is 29.1 Å². The molecule has 0 spiro atoms. The predicted molar refractivity (Wildman–Crippen MR) is 32.0 cm³/mol. The van der Waals surface area contributed by atoms with Gasteiger partial charge in [-0.1, -0.05) is 0 Å². The zero-order chi connectivity index (χ0) is 6.10. The van der Waals surface area contributed by atoms with E-state index >= 15 is 0 Å². The Morgan fingerprint density at radius 1 is 1.56 bits per heavy atom. The lowest BCUT2D eigenvalue weighted by Gasteiger charge is -1.89. The molecule has 2 heterocycles. The maximum Gasteiger partial charge on any atom is 0.116 e. The average molecular weight is 118 g/mol. The minimum absolute atomic E-state index is 0.859. The molecule has 0 fully saturated rings. The molecule has 0 aromatic heterocycles. The summed E-state index contributed by atoms with van der Waals surface area (Å²) in [6.45, 7) is 0. The summed E-state index contributed by atoms with van der Waals surface area (Å²) in [5.41, 5.74) is 1.93.